The molecule has 1 amide bonds. The average molecular weight is 413 g/mol. The smallest absolute Gasteiger partial charge is 0.341 e. The quantitative estimate of drug-likeness (QED) is 0.625. The van der Waals surface area contributed by atoms with Crippen LogP contribution in [0.3, 0.4) is 0 Å². The van der Waals surface area contributed by atoms with Gasteiger partial charge < -0.3 is 10.1 Å². The van der Waals surface area contributed by atoms with Gasteiger partial charge in [0, 0.05) is 4.88 Å². The third-order valence-electron chi connectivity index (χ3n) is 4.65. The fourth-order valence-electron chi connectivity index (χ4n) is 3.29. The molecule has 1 N–H and O–H groups in total. The number of rotatable bonds is 6. The van der Waals surface area contributed by atoms with Gasteiger partial charge in [-0.15, -0.1) is 11.3 Å². The van der Waals surface area contributed by atoms with Gasteiger partial charge in [-0.3, -0.25) is 14.2 Å². The number of benzene rings is 1. The molecule has 7 nitrogen and oxygen atoms in total. The van der Waals surface area contributed by atoms with Gasteiger partial charge >= 0.3 is 5.97 Å². The highest BCUT2D eigenvalue weighted by Crippen LogP contribution is 2.34. The third-order valence-corrected chi connectivity index (χ3v) is 5.71. The maximum absolute atomic E-state index is 12.8. The van der Waals surface area contributed by atoms with Crippen LogP contribution in [0, 0.1) is 13.8 Å². The van der Waals surface area contributed by atoms with Crippen molar-refractivity contribution in [2.24, 2.45) is 0 Å². The van der Waals surface area contributed by atoms with Crippen LogP contribution in [0.2, 0.25) is 0 Å². The van der Waals surface area contributed by atoms with Crippen molar-refractivity contribution in [1.29, 1.82) is 0 Å². The minimum absolute atomic E-state index is 0.191. The lowest BCUT2D eigenvalue weighted by atomic mass is 10.1. The van der Waals surface area contributed by atoms with Crippen LogP contribution in [0.5, 0.6) is 0 Å². The molecule has 0 aliphatic heterocycles. The Bertz CT molecular complexity index is 1150. The van der Waals surface area contributed by atoms with Crippen molar-refractivity contribution in [1.82, 2.24) is 9.55 Å². The van der Waals surface area contributed by atoms with E-state index in [9.17, 15) is 14.4 Å². The first-order valence-corrected chi connectivity index (χ1v) is 10.2. The number of aryl methyl sites for hydroxylation is 2. The van der Waals surface area contributed by atoms with Crippen molar-refractivity contribution >= 4 is 39.1 Å². The minimum atomic E-state index is -0.454. The van der Waals surface area contributed by atoms with Crippen molar-refractivity contribution in [2.45, 2.75) is 40.7 Å². The molecule has 0 atom stereocenters. The van der Waals surface area contributed by atoms with Crippen molar-refractivity contribution in [3.05, 3.63) is 56.4 Å². The second-order valence-corrected chi connectivity index (χ2v) is 7.76. The summed E-state index contributed by atoms with van der Waals surface area (Å²) in [7, 11) is 0. The largest absolute Gasteiger partial charge is 0.462 e. The number of carbonyl (C=O) groups excluding carboxylic acids is 2. The molecule has 0 saturated heterocycles. The van der Waals surface area contributed by atoms with E-state index < -0.39 is 11.9 Å². The molecule has 0 aliphatic rings. The number of nitrogens with zero attached hydrogens (tertiary/aromatic N) is 2. The summed E-state index contributed by atoms with van der Waals surface area (Å²) in [5, 5.41) is 3.69. The summed E-state index contributed by atoms with van der Waals surface area (Å²) in [6.07, 6.45) is 0.652. The number of aromatic nitrogens is 2. The van der Waals surface area contributed by atoms with Crippen LogP contribution in [0.4, 0.5) is 5.00 Å². The van der Waals surface area contributed by atoms with E-state index in [1.165, 1.54) is 15.9 Å². The van der Waals surface area contributed by atoms with E-state index in [1.54, 1.807) is 32.0 Å². The monoisotopic (exact) mass is 413 g/mol. The van der Waals surface area contributed by atoms with E-state index in [0.29, 0.717) is 33.7 Å². The first kappa shape index (κ1) is 20.7. The Morgan fingerprint density at radius 1 is 1.21 bits per heavy atom. The summed E-state index contributed by atoms with van der Waals surface area (Å²) in [5.74, 6) is -0.405. The zero-order chi connectivity index (χ0) is 21.1. The number of anilines is 1. The van der Waals surface area contributed by atoms with Crippen molar-refractivity contribution in [3.8, 4) is 0 Å². The van der Waals surface area contributed by atoms with Crippen LogP contribution in [0.15, 0.2) is 29.1 Å². The molecule has 152 valence electrons. The van der Waals surface area contributed by atoms with Crippen LogP contribution in [-0.4, -0.2) is 28.0 Å². The molecule has 29 heavy (non-hydrogen) atoms. The van der Waals surface area contributed by atoms with Gasteiger partial charge in [-0.1, -0.05) is 19.1 Å². The summed E-state index contributed by atoms with van der Waals surface area (Å²) >= 11 is 1.33. The van der Waals surface area contributed by atoms with Crippen molar-refractivity contribution in [2.75, 3.05) is 11.9 Å². The zero-order valence-corrected chi connectivity index (χ0v) is 17.7. The second kappa shape index (κ2) is 8.57. The Balaban J connectivity index is 1.92. The van der Waals surface area contributed by atoms with Gasteiger partial charge in [-0.25, -0.2) is 9.78 Å². The third kappa shape index (κ3) is 4.07. The van der Waals surface area contributed by atoms with E-state index in [1.807, 2.05) is 19.9 Å². The fourth-order valence-corrected chi connectivity index (χ4v) is 4.44. The summed E-state index contributed by atoms with van der Waals surface area (Å²) in [6, 6.07) is 7.03. The van der Waals surface area contributed by atoms with Gasteiger partial charge in [-0.05, 0) is 44.9 Å². The predicted molar refractivity (Wildman–Crippen MR) is 114 cm³/mol. The van der Waals surface area contributed by atoms with Crippen molar-refractivity contribution in [3.63, 3.8) is 0 Å². The van der Waals surface area contributed by atoms with Crippen LogP contribution in [-0.2, 0) is 22.5 Å². The Kier molecular flexibility index (Phi) is 6.12. The summed E-state index contributed by atoms with van der Waals surface area (Å²) in [4.78, 5) is 43.3. The zero-order valence-electron chi connectivity index (χ0n) is 16.9. The molecule has 0 spiro atoms. The molecule has 0 unspecified atom stereocenters. The van der Waals surface area contributed by atoms with Gasteiger partial charge in [0.15, 0.2) is 0 Å². The van der Waals surface area contributed by atoms with E-state index >= 15 is 0 Å². The SMILES string of the molecule is CCOC(=O)c1c(NC(=O)Cn2c(C)nc3ccccc3c2=O)sc(C)c1CC. The molecule has 0 fully saturated rings. The molecule has 0 bridgehead atoms. The lowest BCUT2D eigenvalue weighted by molar-refractivity contribution is -0.116. The normalized spacial score (nSPS) is 10.9. The van der Waals surface area contributed by atoms with Gasteiger partial charge in [0.2, 0.25) is 5.91 Å². The van der Waals surface area contributed by atoms with Gasteiger partial charge in [0.05, 0.1) is 23.1 Å². The molecule has 3 rings (SSSR count). The molecule has 0 aliphatic carbocycles. The molecule has 1 aromatic carbocycles. The highest BCUT2D eigenvalue weighted by Gasteiger charge is 2.24. The molecular formula is C21H23N3O4S. The van der Waals surface area contributed by atoms with E-state index in [0.717, 1.165) is 10.4 Å². The highest BCUT2D eigenvalue weighted by molar-refractivity contribution is 7.16. The molecule has 2 heterocycles. The Morgan fingerprint density at radius 3 is 2.62 bits per heavy atom. The number of amides is 1. The number of thiophene rings is 1. The average Bonchev–Trinajstić information content (AvgIpc) is 3.00. The topological polar surface area (TPSA) is 90.3 Å². The van der Waals surface area contributed by atoms with Gasteiger partial charge in [-0.2, -0.15) is 0 Å². The van der Waals surface area contributed by atoms with E-state index in [4.69, 9.17) is 4.74 Å². The lowest BCUT2D eigenvalue weighted by Gasteiger charge is -2.11. The molecule has 2 aromatic heterocycles. The van der Waals surface area contributed by atoms with Crippen LogP contribution >= 0.6 is 11.3 Å². The van der Waals surface area contributed by atoms with Gasteiger partial charge in [0.25, 0.3) is 5.56 Å². The molecule has 3 aromatic rings. The molecular weight excluding hydrogens is 390 g/mol. The van der Waals surface area contributed by atoms with Crippen LogP contribution < -0.4 is 10.9 Å². The summed E-state index contributed by atoms with van der Waals surface area (Å²) < 4.78 is 6.50. The van der Waals surface area contributed by atoms with Gasteiger partial charge in [0.1, 0.15) is 17.4 Å². The number of para-hydroxylation sites is 1. The maximum Gasteiger partial charge on any atom is 0.341 e. The number of ether oxygens (including phenoxy) is 1. The highest BCUT2D eigenvalue weighted by atomic mass is 32.1. The van der Waals surface area contributed by atoms with Crippen LogP contribution in [0.1, 0.15) is 40.5 Å². The fraction of sp³-hybridized carbons (Fsp3) is 0.333. The van der Waals surface area contributed by atoms with Crippen LogP contribution in [0.25, 0.3) is 10.9 Å². The number of nitrogens with one attached hydrogen (secondary N) is 1. The molecule has 0 saturated carbocycles. The number of hydrogen-bond acceptors (Lipinski definition) is 6. The Hall–Kier alpha value is -3.00. The number of hydrogen-bond donors (Lipinski definition) is 1. The Labute approximate surface area is 172 Å². The standard InChI is InChI=1S/C21H23N3O4S/c1-5-14-12(3)29-19(18(14)21(27)28-6-2)23-17(25)11-24-13(4)22-16-10-8-7-9-15(16)20(24)26/h7-10H,5-6,11H2,1-4H3,(H,23,25). The first-order valence-electron chi connectivity index (χ1n) is 9.42. The predicted octanol–water partition coefficient (Wildman–Crippen LogP) is 3.45. The minimum Gasteiger partial charge on any atom is -0.462 e. The maximum atomic E-state index is 12.8. The second-order valence-electron chi connectivity index (χ2n) is 6.53. The number of fused-ring (bicyclic) bond motifs is 1. The number of esters is 1. The van der Waals surface area contributed by atoms with E-state index in [-0.39, 0.29) is 18.7 Å². The van der Waals surface area contributed by atoms with E-state index in [2.05, 4.69) is 10.3 Å². The number of carbonyl (C=O) groups is 2. The lowest BCUT2D eigenvalue weighted by Crippen LogP contribution is -2.30. The molecule has 8 heteroatoms. The first-order chi connectivity index (χ1) is 13.9. The Morgan fingerprint density at radius 2 is 1.93 bits per heavy atom. The van der Waals surface area contributed by atoms with Crippen molar-refractivity contribution < 1.29 is 14.3 Å². The summed E-state index contributed by atoms with van der Waals surface area (Å²) in [5.41, 5.74) is 1.58. The molecule has 0 radical (unpaired) electrons. The summed E-state index contributed by atoms with van der Waals surface area (Å²) in [6.45, 7) is 7.35.